The van der Waals surface area contributed by atoms with Crippen LogP contribution in [0.15, 0.2) is 42.5 Å². The third-order valence-electron chi connectivity index (χ3n) is 6.09. The molecule has 2 unspecified atom stereocenters. The molecule has 8 heteroatoms. The van der Waals surface area contributed by atoms with Crippen LogP contribution in [0.2, 0.25) is 5.02 Å². The van der Waals surface area contributed by atoms with E-state index in [9.17, 15) is 14.4 Å². The predicted molar refractivity (Wildman–Crippen MR) is 153 cm³/mol. The van der Waals surface area contributed by atoms with Crippen LogP contribution in [0.1, 0.15) is 77.6 Å². The zero-order valence-electron chi connectivity index (χ0n) is 23.9. The average molecular weight is 544 g/mol. The van der Waals surface area contributed by atoms with Crippen LogP contribution in [0, 0.1) is 12.8 Å². The smallest absolute Gasteiger partial charge is 0.408 e. The number of nitrogens with one attached hydrogen (secondary N) is 2. The monoisotopic (exact) mass is 543 g/mol. The van der Waals surface area contributed by atoms with Crippen LogP contribution in [0.4, 0.5) is 10.5 Å². The van der Waals surface area contributed by atoms with Crippen molar-refractivity contribution in [3.8, 4) is 0 Å². The van der Waals surface area contributed by atoms with Gasteiger partial charge in [-0.05, 0) is 69.2 Å². The number of benzene rings is 2. The maximum atomic E-state index is 14.1. The minimum Gasteiger partial charge on any atom is -0.444 e. The maximum absolute atomic E-state index is 14.1. The second-order valence-electron chi connectivity index (χ2n) is 10.8. The minimum absolute atomic E-state index is 0.244. The fourth-order valence-electron chi connectivity index (χ4n) is 4.12. The minimum atomic E-state index is -0.939. The molecule has 0 saturated carbocycles. The van der Waals surface area contributed by atoms with Crippen LogP contribution in [-0.2, 0) is 20.7 Å². The first-order chi connectivity index (χ1) is 17.8. The quantitative estimate of drug-likeness (QED) is 0.350. The van der Waals surface area contributed by atoms with Crippen molar-refractivity contribution >= 4 is 35.2 Å². The second kappa shape index (κ2) is 13.7. The van der Waals surface area contributed by atoms with E-state index in [1.54, 1.807) is 31.7 Å². The molecule has 2 aromatic carbocycles. The van der Waals surface area contributed by atoms with Gasteiger partial charge in [0.15, 0.2) is 0 Å². The van der Waals surface area contributed by atoms with Gasteiger partial charge in [0, 0.05) is 6.54 Å². The topological polar surface area (TPSA) is 87.7 Å². The summed E-state index contributed by atoms with van der Waals surface area (Å²) < 4.78 is 5.42. The Morgan fingerprint density at radius 1 is 1.03 bits per heavy atom. The van der Waals surface area contributed by atoms with E-state index >= 15 is 0 Å². The van der Waals surface area contributed by atoms with Gasteiger partial charge in [0.2, 0.25) is 5.91 Å². The van der Waals surface area contributed by atoms with Gasteiger partial charge in [-0.1, -0.05) is 75.7 Å². The summed E-state index contributed by atoms with van der Waals surface area (Å²) in [4.78, 5) is 42.1. The fourth-order valence-corrected chi connectivity index (χ4v) is 4.39. The third kappa shape index (κ3) is 8.48. The van der Waals surface area contributed by atoms with E-state index in [0.717, 1.165) is 17.5 Å². The number of anilines is 1. The van der Waals surface area contributed by atoms with Gasteiger partial charge in [-0.2, -0.15) is 0 Å². The molecular weight excluding hydrogens is 502 g/mol. The summed E-state index contributed by atoms with van der Waals surface area (Å²) in [6.45, 7) is 15.2. The summed E-state index contributed by atoms with van der Waals surface area (Å²) in [6.07, 6.45) is 0.786. The first kappa shape index (κ1) is 31.2. The molecule has 0 spiro atoms. The number of hydrogen-bond acceptors (Lipinski definition) is 4. The first-order valence-corrected chi connectivity index (χ1v) is 13.6. The Labute approximate surface area is 232 Å². The second-order valence-corrected chi connectivity index (χ2v) is 11.2. The van der Waals surface area contributed by atoms with Crippen LogP contribution in [0.25, 0.3) is 0 Å². The Balaban J connectivity index is 2.53. The number of halogens is 1. The Morgan fingerprint density at radius 3 is 2.16 bits per heavy atom. The van der Waals surface area contributed by atoms with Crippen LogP contribution < -0.4 is 10.6 Å². The predicted octanol–water partition coefficient (Wildman–Crippen LogP) is 6.68. The zero-order chi connectivity index (χ0) is 28.6. The van der Waals surface area contributed by atoms with E-state index < -0.39 is 23.8 Å². The van der Waals surface area contributed by atoms with Crippen molar-refractivity contribution in [1.29, 1.82) is 0 Å². The highest BCUT2D eigenvalue weighted by Gasteiger charge is 2.37. The third-order valence-corrected chi connectivity index (χ3v) is 6.40. The first-order valence-electron chi connectivity index (χ1n) is 13.2. The van der Waals surface area contributed by atoms with Crippen LogP contribution in [-0.4, -0.2) is 41.0 Å². The van der Waals surface area contributed by atoms with Crippen LogP contribution in [0.3, 0.4) is 0 Å². The fraction of sp³-hybridized carbons (Fsp3) is 0.500. The van der Waals surface area contributed by atoms with Crippen molar-refractivity contribution in [1.82, 2.24) is 10.2 Å². The lowest BCUT2D eigenvalue weighted by atomic mass is 9.97. The van der Waals surface area contributed by atoms with E-state index in [0.29, 0.717) is 29.2 Å². The normalized spacial score (nSPS) is 13.0. The number of carbonyl (C=O) groups excluding carboxylic acids is 3. The van der Waals surface area contributed by atoms with Gasteiger partial charge in [-0.25, -0.2) is 4.79 Å². The molecule has 0 aliphatic carbocycles. The van der Waals surface area contributed by atoms with Gasteiger partial charge in [0.25, 0.3) is 5.91 Å². The molecule has 2 N–H and O–H groups in total. The van der Waals surface area contributed by atoms with Crippen LogP contribution in [0.5, 0.6) is 0 Å². The maximum Gasteiger partial charge on any atom is 0.408 e. The van der Waals surface area contributed by atoms with E-state index in [2.05, 4.69) is 17.6 Å². The Kier molecular flexibility index (Phi) is 11.2. The van der Waals surface area contributed by atoms with E-state index in [1.165, 1.54) is 0 Å². The molecule has 2 rings (SSSR count). The number of rotatable bonds is 10. The highest BCUT2D eigenvalue weighted by molar-refractivity contribution is 6.34. The number of alkyl carbamates (subject to hydrolysis) is 1. The summed E-state index contributed by atoms with van der Waals surface area (Å²) in [7, 11) is 0. The lowest BCUT2D eigenvalue weighted by Crippen LogP contribution is -2.54. The molecule has 0 heterocycles. The Hall–Kier alpha value is -3.06. The molecular formula is C30H42ClN3O4. The molecule has 0 aliphatic heterocycles. The number of carbonyl (C=O) groups is 3. The molecule has 0 aromatic heterocycles. The summed E-state index contributed by atoms with van der Waals surface area (Å²) >= 11 is 6.41. The van der Waals surface area contributed by atoms with Crippen molar-refractivity contribution in [2.24, 2.45) is 5.92 Å². The van der Waals surface area contributed by atoms with Gasteiger partial charge in [0.05, 0.1) is 10.7 Å². The highest BCUT2D eigenvalue weighted by atomic mass is 35.5. The Bertz CT molecular complexity index is 1090. The van der Waals surface area contributed by atoms with Crippen molar-refractivity contribution in [3.63, 3.8) is 0 Å². The van der Waals surface area contributed by atoms with E-state index in [-0.39, 0.29) is 17.7 Å². The Morgan fingerprint density at radius 2 is 1.66 bits per heavy atom. The summed E-state index contributed by atoms with van der Waals surface area (Å²) in [5, 5.41) is 6.12. The van der Waals surface area contributed by atoms with Gasteiger partial charge in [0.1, 0.15) is 17.7 Å². The van der Waals surface area contributed by atoms with Crippen molar-refractivity contribution in [2.45, 2.75) is 85.9 Å². The summed E-state index contributed by atoms with van der Waals surface area (Å²) in [5.74, 6) is -0.985. The number of hydrogen-bond donors (Lipinski definition) is 2. The number of aryl methyl sites for hydroxylation is 2. The van der Waals surface area contributed by atoms with Crippen molar-refractivity contribution in [3.05, 3.63) is 64.2 Å². The summed E-state index contributed by atoms with van der Waals surface area (Å²) in [6, 6.07) is 11.2. The number of amides is 3. The van der Waals surface area contributed by atoms with Crippen molar-refractivity contribution in [2.75, 3.05) is 11.9 Å². The number of para-hydroxylation sites is 1. The molecule has 0 radical (unpaired) electrons. The molecule has 3 amide bonds. The molecule has 0 aliphatic rings. The molecule has 0 fully saturated rings. The lowest BCUT2D eigenvalue weighted by molar-refractivity contribution is -0.141. The standard InChI is InChI=1S/C30H42ClN3O4/c1-9-18-34(28(36)24(19(3)4)33-29(37)38-30(6,7)8)26(22-16-14-21(10-2)15-17-22)27(35)32-25-20(5)12-11-13-23(25)31/h11-17,19,24,26H,9-10,18H2,1-8H3,(H,32,35)(H,33,37). The van der Waals surface area contributed by atoms with Crippen LogP contribution >= 0.6 is 11.6 Å². The van der Waals surface area contributed by atoms with E-state index in [4.69, 9.17) is 16.3 Å². The molecule has 38 heavy (non-hydrogen) atoms. The van der Waals surface area contributed by atoms with Gasteiger partial charge in [-0.3, -0.25) is 9.59 Å². The number of ether oxygens (including phenoxy) is 1. The molecule has 208 valence electrons. The lowest BCUT2D eigenvalue weighted by Gasteiger charge is -2.35. The largest absolute Gasteiger partial charge is 0.444 e. The molecule has 0 saturated heterocycles. The highest BCUT2D eigenvalue weighted by Crippen LogP contribution is 2.30. The molecule has 2 atom stereocenters. The SMILES string of the molecule is CCCN(C(=O)C(NC(=O)OC(C)(C)C)C(C)C)C(C(=O)Nc1c(C)cccc1Cl)c1ccc(CC)cc1. The number of nitrogens with zero attached hydrogens (tertiary/aromatic N) is 1. The molecule has 2 aromatic rings. The van der Waals surface area contributed by atoms with Crippen molar-refractivity contribution < 1.29 is 19.1 Å². The average Bonchev–Trinajstić information content (AvgIpc) is 2.83. The van der Waals surface area contributed by atoms with Gasteiger partial charge in [-0.15, -0.1) is 0 Å². The van der Waals surface area contributed by atoms with E-state index in [1.807, 2.05) is 64.1 Å². The molecule has 7 nitrogen and oxygen atoms in total. The van der Waals surface area contributed by atoms with Gasteiger partial charge >= 0.3 is 6.09 Å². The molecule has 0 bridgehead atoms. The summed E-state index contributed by atoms with van der Waals surface area (Å²) in [5.41, 5.74) is 2.39. The van der Waals surface area contributed by atoms with Gasteiger partial charge < -0.3 is 20.3 Å². The zero-order valence-corrected chi connectivity index (χ0v) is 24.6.